The molecule has 2 amide bonds. The topological polar surface area (TPSA) is 105 Å². The van der Waals surface area contributed by atoms with Crippen molar-refractivity contribution in [3.8, 4) is 11.5 Å². The van der Waals surface area contributed by atoms with Crippen LogP contribution in [0.15, 0.2) is 42.5 Å². The average molecular weight is 578 g/mol. The maximum Gasteiger partial charge on any atom is 0.244 e. The summed E-state index contributed by atoms with van der Waals surface area (Å²) in [5.74, 6) is -0.0243. The molecule has 0 saturated heterocycles. The zero-order valence-electron chi connectivity index (χ0n) is 22.4. The zero-order valence-corrected chi connectivity index (χ0v) is 24.0. The smallest absolute Gasteiger partial charge is 0.244 e. The zero-order chi connectivity index (χ0) is 28.0. The number of hydrogen-bond donors (Lipinski definition) is 1. The number of halogens is 1. The number of nitrogens with zero attached hydrogens (tertiary/aromatic N) is 2. The maximum atomic E-state index is 13.8. The van der Waals surface area contributed by atoms with Crippen LogP contribution in [0.2, 0.25) is 5.02 Å². The number of anilines is 1. The van der Waals surface area contributed by atoms with Gasteiger partial charge in [-0.25, -0.2) is 8.42 Å². The molecule has 39 heavy (non-hydrogen) atoms. The number of hydrogen-bond acceptors (Lipinski definition) is 6. The van der Waals surface area contributed by atoms with Crippen LogP contribution in [0.5, 0.6) is 11.5 Å². The fourth-order valence-corrected chi connectivity index (χ4v) is 6.02. The van der Waals surface area contributed by atoms with Gasteiger partial charge in [0, 0.05) is 23.7 Å². The van der Waals surface area contributed by atoms with Crippen LogP contribution in [0.1, 0.15) is 51.5 Å². The maximum absolute atomic E-state index is 13.8. The highest BCUT2D eigenvalue weighted by atomic mass is 35.5. The van der Waals surface area contributed by atoms with Crippen molar-refractivity contribution in [2.45, 2.75) is 64.6 Å². The summed E-state index contributed by atoms with van der Waals surface area (Å²) >= 11 is 6.05. The molecule has 1 aliphatic carbocycles. The lowest BCUT2D eigenvalue weighted by Crippen LogP contribution is -2.53. The predicted molar refractivity (Wildman–Crippen MR) is 151 cm³/mol. The Balaban J connectivity index is 1.61. The van der Waals surface area contributed by atoms with Crippen molar-refractivity contribution in [2.24, 2.45) is 0 Å². The number of carbonyl (C=O) groups excluding carboxylic acids is 2. The number of sulfonamides is 1. The molecule has 1 aliphatic heterocycles. The van der Waals surface area contributed by atoms with Crippen molar-refractivity contribution in [1.82, 2.24) is 10.2 Å². The summed E-state index contributed by atoms with van der Waals surface area (Å²) in [4.78, 5) is 28.6. The van der Waals surface area contributed by atoms with Crippen LogP contribution in [0, 0.1) is 0 Å². The highest BCUT2D eigenvalue weighted by molar-refractivity contribution is 7.92. The monoisotopic (exact) mass is 577 g/mol. The van der Waals surface area contributed by atoms with E-state index in [2.05, 4.69) is 5.32 Å². The van der Waals surface area contributed by atoms with Gasteiger partial charge in [-0.3, -0.25) is 13.9 Å². The van der Waals surface area contributed by atoms with Gasteiger partial charge in [0.1, 0.15) is 25.8 Å². The Labute approximate surface area is 235 Å². The summed E-state index contributed by atoms with van der Waals surface area (Å²) in [5, 5.41) is 3.65. The normalized spacial score (nSPS) is 16.3. The summed E-state index contributed by atoms with van der Waals surface area (Å²) in [5.41, 5.74) is 1.06. The van der Waals surface area contributed by atoms with E-state index in [1.165, 1.54) is 11.8 Å². The van der Waals surface area contributed by atoms with Gasteiger partial charge in [0.2, 0.25) is 21.8 Å². The predicted octanol–water partition coefficient (Wildman–Crippen LogP) is 4.13. The first-order chi connectivity index (χ1) is 18.7. The summed E-state index contributed by atoms with van der Waals surface area (Å²) < 4.78 is 38.6. The molecule has 2 aromatic rings. The number of carbonyl (C=O) groups is 2. The number of ether oxygens (including phenoxy) is 2. The lowest BCUT2D eigenvalue weighted by molar-refractivity contribution is -0.139. The van der Waals surface area contributed by atoms with Gasteiger partial charge >= 0.3 is 0 Å². The first-order valence-electron chi connectivity index (χ1n) is 13.4. The van der Waals surface area contributed by atoms with Crippen LogP contribution in [0.3, 0.4) is 0 Å². The molecule has 0 radical (unpaired) electrons. The lowest BCUT2D eigenvalue weighted by Gasteiger charge is -2.33. The van der Waals surface area contributed by atoms with Gasteiger partial charge in [-0.15, -0.1) is 0 Å². The third-order valence-electron chi connectivity index (χ3n) is 7.18. The number of fused-ring (bicyclic) bond motifs is 1. The molecular weight excluding hydrogens is 542 g/mol. The Morgan fingerprint density at radius 3 is 2.36 bits per heavy atom. The molecule has 212 valence electrons. The van der Waals surface area contributed by atoms with Crippen LogP contribution in [-0.2, 0) is 26.2 Å². The summed E-state index contributed by atoms with van der Waals surface area (Å²) in [6.45, 7) is 3.60. The van der Waals surface area contributed by atoms with Gasteiger partial charge in [-0.1, -0.05) is 43.0 Å². The fraction of sp³-hybridized carbons (Fsp3) is 0.500. The van der Waals surface area contributed by atoms with Crippen LogP contribution in [0.4, 0.5) is 5.69 Å². The molecule has 0 spiro atoms. The van der Waals surface area contributed by atoms with Gasteiger partial charge in [-0.2, -0.15) is 0 Å². The van der Waals surface area contributed by atoms with Crippen LogP contribution in [0.25, 0.3) is 0 Å². The molecule has 1 heterocycles. The second-order valence-electron chi connectivity index (χ2n) is 9.90. The lowest BCUT2D eigenvalue weighted by atomic mass is 9.95. The van der Waals surface area contributed by atoms with Gasteiger partial charge in [0.05, 0.1) is 11.4 Å². The molecule has 0 aromatic heterocycles. The number of amides is 2. The van der Waals surface area contributed by atoms with E-state index in [1.54, 1.807) is 49.4 Å². The molecule has 9 nitrogen and oxygen atoms in total. The Bertz CT molecular complexity index is 1260. The summed E-state index contributed by atoms with van der Waals surface area (Å²) in [6, 6.07) is 11.1. The van der Waals surface area contributed by atoms with Crippen molar-refractivity contribution in [2.75, 3.05) is 29.8 Å². The first-order valence-corrected chi connectivity index (χ1v) is 15.4. The molecule has 1 saturated carbocycles. The molecule has 0 bridgehead atoms. The SMILES string of the molecule is CCS(=O)(=O)N(CC(=O)N(Cc1ccc(Cl)cc1)[C@@H](C)C(=O)NC1CCCCC1)c1ccc2c(c1)OCCO2. The van der Waals surface area contributed by atoms with Crippen LogP contribution in [-0.4, -0.2) is 62.7 Å². The molecule has 11 heteroatoms. The standard InChI is InChI=1S/C28H36ClN3O6S/c1-3-39(35,36)32(24-13-14-25-26(17-24)38-16-15-37-25)19-27(33)31(18-21-9-11-22(29)12-10-21)20(2)28(34)30-23-7-5-4-6-8-23/h9-14,17,20,23H,3-8,15-16,18-19H2,1-2H3,(H,30,34)/t20-/m0/s1. The van der Waals surface area contributed by atoms with Crippen LogP contribution < -0.4 is 19.1 Å². The number of rotatable bonds is 10. The Kier molecular flexibility index (Phi) is 9.61. The van der Waals surface area contributed by atoms with E-state index in [9.17, 15) is 18.0 Å². The highest BCUT2D eigenvalue weighted by Crippen LogP contribution is 2.35. The second kappa shape index (κ2) is 12.9. The molecule has 2 aromatic carbocycles. The number of benzene rings is 2. The molecule has 1 atom stereocenters. The van der Waals surface area contributed by atoms with E-state index in [0.29, 0.717) is 35.4 Å². The van der Waals surface area contributed by atoms with E-state index in [0.717, 1.165) is 42.0 Å². The summed E-state index contributed by atoms with van der Waals surface area (Å²) in [7, 11) is -3.84. The van der Waals surface area contributed by atoms with Gasteiger partial charge in [0.15, 0.2) is 11.5 Å². The van der Waals surface area contributed by atoms with E-state index < -0.39 is 28.5 Å². The highest BCUT2D eigenvalue weighted by Gasteiger charge is 2.32. The molecule has 2 aliphatic rings. The first kappa shape index (κ1) is 29.0. The largest absolute Gasteiger partial charge is 0.486 e. The molecule has 1 N–H and O–H groups in total. The minimum Gasteiger partial charge on any atom is -0.486 e. The summed E-state index contributed by atoms with van der Waals surface area (Å²) in [6.07, 6.45) is 5.11. The van der Waals surface area contributed by atoms with E-state index >= 15 is 0 Å². The van der Waals surface area contributed by atoms with Gasteiger partial charge in [-0.05, 0) is 56.5 Å². The van der Waals surface area contributed by atoms with Crippen molar-refractivity contribution in [1.29, 1.82) is 0 Å². The van der Waals surface area contributed by atoms with E-state index in [1.807, 2.05) is 0 Å². The minimum absolute atomic E-state index is 0.0795. The van der Waals surface area contributed by atoms with Gasteiger partial charge in [0.25, 0.3) is 0 Å². The van der Waals surface area contributed by atoms with Crippen molar-refractivity contribution >= 4 is 39.1 Å². The third-order valence-corrected chi connectivity index (χ3v) is 9.17. The average Bonchev–Trinajstić information content (AvgIpc) is 2.95. The molecule has 1 fully saturated rings. The Hall–Kier alpha value is -2.98. The molecular formula is C28H36ClN3O6S. The quantitative estimate of drug-likeness (QED) is 0.455. The van der Waals surface area contributed by atoms with Gasteiger partial charge < -0.3 is 19.7 Å². The van der Waals surface area contributed by atoms with Crippen LogP contribution >= 0.6 is 11.6 Å². The molecule has 4 rings (SSSR count). The van der Waals surface area contributed by atoms with Crippen molar-refractivity contribution < 1.29 is 27.5 Å². The van der Waals surface area contributed by atoms with Crippen molar-refractivity contribution in [3.05, 3.63) is 53.1 Å². The fourth-order valence-electron chi connectivity index (χ4n) is 4.84. The van der Waals surface area contributed by atoms with Crippen molar-refractivity contribution in [3.63, 3.8) is 0 Å². The molecule has 0 unspecified atom stereocenters. The second-order valence-corrected chi connectivity index (χ2v) is 12.5. The minimum atomic E-state index is -3.84. The van der Waals surface area contributed by atoms with E-state index in [-0.39, 0.29) is 24.2 Å². The third kappa shape index (κ3) is 7.36. The Morgan fingerprint density at radius 1 is 1.03 bits per heavy atom. The Morgan fingerprint density at radius 2 is 1.69 bits per heavy atom. The van der Waals surface area contributed by atoms with E-state index in [4.69, 9.17) is 21.1 Å². The number of nitrogens with one attached hydrogen (secondary N) is 1.